The highest BCUT2D eigenvalue weighted by Gasteiger charge is 2.31. The van der Waals surface area contributed by atoms with Crippen LogP contribution in [0.15, 0.2) is 23.1 Å². The van der Waals surface area contributed by atoms with Crippen molar-refractivity contribution in [2.45, 2.75) is 36.7 Å². The summed E-state index contributed by atoms with van der Waals surface area (Å²) in [5.41, 5.74) is -0.497. The van der Waals surface area contributed by atoms with Crippen LogP contribution in [0.5, 0.6) is 5.75 Å². The predicted molar refractivity (Wildman–Crippen MR) is 80.5 cm³/mol. The van der Waals surface area contributed by atoms with Gasteiger partial charge in [0.2, 0.25) is 10.0 Å². The smallest absolute Gasteiger partial charge is 0.293 e. The van der Waals surface area contributed by atoms with Crippen molar-refractivity contribution in [2.75, 3.05) is 13.7 Å². The molecule has 1 aliphatic heterocycles. The molecular formula is C13H19N3O5S. The van der Waals surface area contributed by atoms with E-state index in [0.29, 0.717) is 6.42 Å². The number of methoxy groups -OCH3 is 1. The Balaban J connectivity index is 2.34. The molecule has 1 heterocycles. The molecule has 0 saturated carbocycles. The van der Waals surface area contributed by atoms with Crippen molar-refractivity contribution in [3.63, 3.8) is 0 Å². The van der Waals surface area contributed by atoms with Gasteiger partial charge in [-0.1, -0.05) is 0 Å². The average molecular weight is 329 g/mol. The SMILES string of the molecule is COc1ccc(S(=O)(=O)NC2CCCNC2C)c([N+](=O)[O-])c1. The monoisotopic (exact) mass is 329 g/mol. The molecule has 0 aliphatic carbocycles. The Morgan fingerprint density at radius 1 is 1.45 bits per heavy atom. The third-order valence-corrected chi connectivity index (χ3v) is 5.26. The summed E-state index contributed by atoms with van der Waals surface area (Å²) in [5, 5.41) is 14.3. The largest absolute Gasteiger partial charge is 0.497 e. The van der Waals surface area contributed by atoms with Crippen molar-refractivity contribution in [3.05, 3.63) is 28.3 Å². The fraction of sp³-hybridized carbons (Fsp3) is 0.538. The van der Waals surface area contributed by atoms with E-state index < -0.39 is 20.6 Å². The topological polar surface area (TPSA) is 111 Å². The van der Waals surface area contributed by atoms with Crippen molar-refractivity contribution in [1.29, 1.82) is 0 Å². The van der Waals surface area contributed by atoms with E-state index in [2.05, 4.69) is 10.0 Å². The van der Waals surface area contributed by atoms with E-state index in [4.69, 9.17) is 4.74 Å². The zero-order valence-corrected chi connectivity index (χ0v) is 13.2. The van der Waals surface area contributed by atoms with Crippen molar-refractivity contribution >= 4 is 15.7 Å². The second-order valence-corrected chi connectivity index (χ2v) is 6.89. The van der Waals surface area contributed by atoms with E-state index in [9.17, 15) is 18.5 Å². The second-order valence-electron chi connectivity index (χ2n) is 5.20. The number of sulfonamides is 1. The molecule has 0 amide bonds. The van der Waals surface area contributed by atoms with Crippen LogP contribution in [0, 0.1) is 10.1 Å². The van der Waals surface area contributed by atoms with Gasteiger partial charge in [0.25, 0.3) is 5.69 Å². The van der Waals surface area contributed by atoms with Gasteiger partial charge in [0.1, 0.15) is 5.75 Å². The quantitative estimate of drug-likeness (QED) is 0.616. The number of piperidine rings is 1. The lowest BCUT2D eigenvalue weighted by atomic mass is 10.0. The fourth-order valence-electron chi connectivity index (χ4n) is 2.46. The molecule has 2 unspecified atom stereocenters. The van der Waals surface area contributed by atoms with E-state index in [1.807, 2.05) is 6.92 Å². The number of hydrogen-bond acceptors (Lipinski definition) is 6. The maximum absolute atomic E-state index is 12.5. The van der Waals surface area contributed by atoms with Gasteiger partial charge in [0, 0.05) is 12.1 Å². The lowest BCUT2D eigenvalue weighted by Crippen LogP contribution is -2.51. The van der Waals surface area contributed by atoms with Crippen molar-refractivity contribution < 1.29 is 18.1 Å². The molecule has 122 valence electrons. The molecule has 1 saturated heterocycles. The van der Waals surface area contributed by atoms with Crippen LogP contribution in [0.3, 0.4) is 0 Å². The molecule has 2 rings (SSSR count). The number of rotatable bonds is 5. The molecule has 1 aromatic carbocycles. The van der Waals surface area contributed by atoms with Crippen molar-refractivity contribution in [1.82, 2.24) is 10.0 Å². The highest BCUT2D eigenvalue weighted by atomic mass is 32.2. The summed E-state index contributed by atoms with van der Waals surface area (Å²) >= 11 is 0. The maximum Gasteiger partial charge on any atom is 0.293 e. The van der Waals surface area contributed by atoms with Crippen LogP contribution in [-0.2, 0) is 10.0 Å². The number of hydrogen-bond donors (Lipinski definition) is 2. The summed E-state index contributed by atoms with van der Waals surface area (Å²) in [4.78, 5) is 10.1. The van der Waals surface area contributed by atoms with E-state index in [0.717, 1.165) is 19.0 Å². The maximum atomic E-state index is 12.5. The molecule has 2 N–H and O–H groups in total. The van der Waals surface area contributed by atoms with Gasteiger partial charge in [-0.3, -0.25) is 10.1 Å². The molecule has 0 spiro atoms. The van der Waals surface area contributed by atoms with Crippen LogP contribution in [0.25, 0.3) is 0 Å². The summed E-state index contributed by atoms with van der Waals surface area (Å²) in [6, 6.07) is 3.38. The third kappa shape index (κ3) is 3.54. The molecule has 1 aromatic rings. The molecule has 22 heavy (non-hydrogen) atoms. The van der Waals surface area contributed by atoms with Crippen LogP contribution in [0.2, 0.25) is 0 Å². The Morgan fingerprint density at radius 3 is 2.77 bits per heavy atom. The first-order valence-electron chi connectivity index (χ1n) is 6.93. The lowest BCUT2D eigenvalue weighted by molar-refractivity contribution is -0.387. The Hall–Kier alpha value is -1.71. The highest BCUT2D eigenvalue weighted by Crippen LogP contribution is 2.28. The van der Waals surface area contributed by atoms with Crippen LogP contribution >= 0.6 is 0 Å². The zero-order valence-electron chi connectivity index (χ0n) is 12.4. The summed E-state index contributed by atoms with van der Waals surface area (Å²) in [7, 11) is -2.62. The van der Waals surface area contributed by atoms with Crippen LogP contribution in [0.1, 0.15) is 19.8 Å². The normalized spacial score (nSPS) is 22.3. The Kier molecular flexibility index (Phi) is 4.99. The van der Waals surface area contributed by atoms with Gasteiger partial charge in [-0.15, -0.1) is 0 Å². The molecule has 0 radical (unpaired) electrons. The van der Waals surface area contributed by atoms with E-state index in [1.165, 1.54) is 19.2 Å². The standard InChI is InChI=1S/C13H19N3O5S/c1-9-11(4-3-7-14-9)15-22(19,20)13-6-5-10(21-2)8-12(13)16(17)18/h5-6,8-9,11,14-15H,3-4,7H2,1-2H3. The predicted octanol–water partition coefficient (Wildman–Crippen LogP) is 1.02. The molecule has 1 fully saturated rings. The molecule has 1 aliphatic rings. The minimum Gasteiger partial charge on any atom is -0.497 e. The first-order chi connectivity index (χ1) is 10.3. The number of nitrogens with one attached hydrogen (secondary N) is 2. The lowest BCUT2D eigenvalue weighted by Gasteiger charge is -2.30. The van der Waals surface area contributed by atoms with Gasteiger partial charge in [-0.05, 0) is 38.4 Å². The van der Waals surface area contributed by atoms with Crippen LogP contribution < -0.4 is 14.8 Å². The van der Waals surface area contributed by atoms with Gasteiger partial charge >= 0.3 is 0 Å². The van der Waals surface area contributed by atoms with E-state index in [1.54, 1.807) is 0 Å². The fourth-order valence-corrected chi connectivity index (χ4v) is 3.97. The number of nitrogens with zero attached hydrogens (tertiary/aromatic N) is 1. The minimum absolute atomic E-state index is 0.0270. The Morgan fingerprint density at radius 2 is 2.18 bits per heavy atom. The number of benzene rings is 1. The number of ether oxygens (including phenoxy) is 1. The molecule has 0 aromatic heterocycles. The molecule has 9 heteroatoms. The summed E-state index contributed by atoms with van der Waals surface area (Å²) in [6.45, 7) is 2.72. The first-order valence-corrected chi connectivity index (χ1v) is 8.41. The first kappa shape index (κ1) is 16.7. The molecule has 8 nitrogen and oxygen atoms in total. The molecule has 2 atom stereocenters. The summed E-state index contributed by atoms with van der Waals surface area (Å²) in [6.07, 6.45) is 1.54. The number of nitro groups is 1. The van der Waals surface area contributed by atoms with E-state index in [-0.39, 0.29) is 22.7 Å². The summed E-state index contributed by atoms with van der Waals surface area (Å²) < 4.78 is 32.4. The Bertz CT molecular complexity index is 662. The molecular weight excluding hydrogens is 310 g/mol. The van der Waals surface area contributed by atoms with Gasteiger partial charge in [0.15, 0.2) is 4.90 Å². The van der Waals surface area contributed by atoms with Gasteiger partial charge in [-0.2, -0.15) is 0 Å². The zero-order chi connectivity index (χ0) is 16.3. The average Bonchev–Trinajstić information content (AvgIpc) is 2.48. The Labute approximate surface area is 129 Å². The van der Waals surface area contributed by atoms with Crippen LogP contribution in [0.4, 0.5) is 5.69 Å². The highest BCUT2D eigenvalue weighted by molar-refractivity contribution is 7.89. The summed E-state index contributed by atoms with van der Waals surface area (Å²) in [5.74, 6) is 0.235. The van der Waals surface area contributed by atoms with Gasteiger partial charge in [0.05, 0.1) is 18.1 Å². The third-order valence-electron chi connectivity index (χ3n) is 3.72. The van der Waals surface area contributed by atoms with Gasteiger partial charge in [-0.25, -0.2) is 13.1 Å². The van der Waals surface area contributed by atoms with Gasteiger partial charge < -0.3 is 10.1 Å². The van der Waals surface area contributed by atoms with Crippen LogP contribution in [-0.4, -0.2) is 39.1 Å². The number of nitro benzene ring substituents is 1. The second kappa shape index (κ2) is 6.59. The van der Waals surface area contributed by atoms with Crippen molar-refractivity contribution in [3.8, 4) is 5.75 Å². The van der Waals surface area contributed by atoms with Crippen molar-refractivity contribution in [2.24, 2.45) is 0 Å². The van der Waals surface area contributed by atoms with E-state index >= 15 is 0 Å². The minimum atomic E-state index is -3.98. The molecule has 0 bridgehead atoms.